The van der Waals surface area contributed by atoms with E-state index in [0.29, 0.717) is 42.9 Å². The molecule has 0 radical (unpaired) electrons. The van der Waals surface area contributed by atoms with Gasteiger partial charge in [-0.2, -0.15) is 0 Å². The van der Waals surface area contributed by atoms with Crippen molar-refractivity contribution < 1.29 is 22.8 Å². The minimum Gasteiger partial charge on any atom is -0.341 e. The number of carbonyl (C=O) groups excluding carboxylic acids is 2. The normalized spacial score (nSPS) is 11.6. The average Bonchev–Trinajstić information content (AvgIpc) is 2.83. The van der Waals surface area contributed by atoms with Gasteiger partial charge in [0.05, 0.1) is 16.5 Å². The molecule has 0 saturated heterocycles. The molecule has 1 amide bonds. The van der Waals surface area contributed by atoms with Crippen LogP contribution < -0.4 is 5.32 Å². The lowest BCUT2D eigenvalue weighted by molar-refractivity contribution is -0.142. The van der Waals surface area contributed by atoms with Crippen molar-refractivity contribution in [2.75, 3.05) is 19.5 Å². The SMILES string of the molecule is CC(=O)ON=NCc1ccc(CN(C)C(=O)CCCCNCS(=O)(=O)c2ccc(Cl)c(C)c2Cl)cc1. The van der Waals surface area contributed by atoms with E-state index in [2.05, 4.69) is 20.5 Å². The van der Waals surface area contributed by atoms with Gasteiger partial charge in [-0.3, -0.25) is 4.79 Å². The monoisotopic (exact) mass is 556 g/mol. The number of sulfone groups is 1. The molecule has 0 atom stereocenters. The van der Waals surface area contributed by atoms with Gasteiger partial charge in [0.2, 0.25) is 5.91 Å². The van der Waals surface area contributed by atoms with Crippen molar-refractivity contribution in [3.8, 4) is 0 Å². The van der Waals surface area contributed by atoms with Crippen LogP contribution in [-0.4, -0.2) is 44.7 Å². The highest BCUT2D eigenvalue weighted by molar-refractivity contribution is 7.91. The van der Waals surface area contributed by atoms with Gasteiger partial charge in [0, 0.05) is 37.2 Å². The second kappa shape index (κ2) is 14.3. The Kier molecular flexibility index (Phi) is 11.8. The van der Waals surface area contributed by atoms with E-state index in [1.807, 2.05) is 24.3 Å². The number of nitrogens with one attached hydrogen (secondary N) is 1. The van der Waals surface area contributed by atoms with Crippen LogP contribution in [0.25, 0.3) is 0 Å². The number of rotatable bonds is 13. The number of unbranched alkanes of at least 4 members (excludes halogenated alkanes) is 1. The first-order valence-electron chi connectivity index (χ1n) is 11.3. The minimum atomic E-state index is -3.60. The Hall–Kier alpha value is -2.53. The molecule has 2 aromatic carbocycles. The molecular formula is C24H30Cl2N4O5S. The molecule has 0 aliphatic carbocycles. The van der Waals surface area contributed by atoms with Gasteiger partial charge in [0.15, 0.2) is 9.84 Å². The highest BCUT2D eigenvalue weighted by Crippen LogP contribution is 2.30. The van der Waals surface area contributed by atoms with E-state index in [4.69, 9.17) is 23.2 Å². The molecule has 1 N–H and O–H groups in total. The number of hydrogen-bond donors (Lipinski definition) is 1. The van der Waals surface area contributed by atoms with Crippen molar-refractivity contribution in [3.05, 3.63) is 63.1 Å². The van der Waals surface area contributed by atoms with Crippen molar-refractivity contribution in [2.24, 2.45) is 10.4 Å². The Balaban J connectivity index is 1.69. The fourth-order valence-electron chi connectivity index (χ4n) is 3.19. The molecule has 196 valence electrons. The predicted molar refractivity (Wildman–Crippen MR) is 138 cm³/mol. The largest absolute Gasteiger partial charge is 0.341 e. The van der Waals surface area contributed by atoms with Crippen LogP contribution in [0.2, 0.25) is 10.0 Å². The topological polar surface area (TPSA) is 118 Å². The summed E-state index contributed by atoms with van der Waals surface area (Å²) in [6.45, 7) is 4.12. The van der Waals surface area contributed by atoms with Gasteiger partial charge in [-0.15, -0.1) is 5.11 Å². The van der Waals surface area contributed by atoms with Crippen LogP contribution in [0.1, 0.15) is 42.9 Å². The third kappa shape index (κ3) is 9.50. The Bertz CT molecular complexity index is 1190. The molecule has 36 heavy (non-hydrogen) atoms. The fourth-order valence-corrected chi connectivity index (χ4v) is 5.18. The van der Waals surface area contributed by atoms with Crippen molar-refractivity contribution in [3.63, 3.8) is 0 Å². The first-order chi connectivity index (χ1) is 17.0. The minimum absolute atomic E-state index is 0.00491. The summed E-state index contributed by atoms with van der Waals surface area (Å²) in [5.74, 6) is -0.770. The van der Waals surface area contributed by atoms with Gasteiger partial charge < -0.3 is 15.1 Å². The number of carbonyl (C=O) groups is 2. The van der Waals surface area contributed by atoms with Crippen molar-refractivity contribution in [2.45, 2.75) is 51.1 Å². The zero-order chi connectivity index (χ0) is 26.7. The Labute approximate surface area is 221 Å². The summed E-state index contributed by atoms with van der Waals surface area (Å²) in [6.07, 6.45) is 1.64. The van der Waals surface area contributed by atoms with Crippen LogP contribution in [0.3, 0.4) is 0 Å². The number of halogens is 2. The van der Waals surface area contributed by atoms with Crippen LogP contribution in [0.4, 0.5) is 0 Å². The molecule has 2 aromatic rings. The number of nitrogens with zero attached hydrogens (tertiary/aromatic N) is 3. The average molecular weight is 558 g/mol. The molecule has 9 nitrogen and oxygen atoms in total. The summed E-state index contributed by atoms with van der Waals surface area (Å²) in [5.41, 5.74) is 2.39. The Morgan fingerprint density at radius 2 is 1.72 bits per heavy atom. The first-order valence-corrected chi connectivity index (χ1v) is 13.7. The lowest BCUT2D eigenvalue weighted by atomic mass is 10.1. The van der Waals surface area contributed by atoms with Gasteiger partial charge in [-0.05, 0) is 55.1 Å². The van der Waals surface area contributed by atoms with Crippen molar-refractivity contribution in [1.29, 1.82) is 0 Å². The predicted octanol–water partition coefficient (Wildman–Crippen LogP) is 4.88. The molecule has 0 unspecified atom stereocenters. The molecule has 0 spiro atoms. The lowest BCUT2D eigenvalue weighted by Gasteiger charge is -2.17. The maximum atomic E-state index is 12.6. The summed E-state index contributed by atoms with van der Waals surface area (Å²) in [4.78, 5) is 29.2. The van der Waals surface area contributed by atoms with E-state index in [-0.39, 0.29) is 28.2 Å². The standard InChI is InChI=1S/C24H30Cl2N4O5S/c1-17-21(25)11-12-22(24(17)26)36(33,34)16-27-13-5-4-6-23(32)30(3)15-20-9-7-19(8-10-20)14-28-29-35-18(2)31/h7-12,27H,4-6,13-16H2,1-3H3. The third-order valence-corrected chi connectivity index (χ3v) is 7.86. The summed E-state index contributed by atoms with van der Waals surface area (Å²) in [7, 11) is -1.86. The van der Waals surface area contributed by atoms with E-state index >= 15 is 0 Å². The molecule has 0 aromatic heterocycles. The second-order valence-electron chi connectivity index (χ2n) is 8.23. The molecule has 0 fully saturated rings. The summed E-state index contributed by atoms with van der Waals surface area (Å²) < 4.78 is 25.1. The number of benzene rings is 2. The van der Waals surface area contributed by atoms with Gasteiger partial charge in [-0.1, -0.05) is 47.5 Å². The summed E-state index contributed by atoms with van der Waals surface area (Å²) >= 11 is 12.1. The molecule has 0 aliphatic rings. The molecule has 0 aliphatic heterocycles. The van der Waals surface area contributed by atoms with Crippen molar-refractivity contribution in [1.82, 2.24) is 10.2 Å². The van der Waals surface area contributed by atoms with E-state index < -0.39 is 15.8 Å². The number of hydrogen-bond acceptors (Lipinski definition) is 8. The highest BCUT2D eigenvalue weighted by Gasteiger charge is 2.20. The number of amides is 1. The molecule has 0 heterocycles. The molecule has 12 heteroatoms. The first kappa shape index (κ1) is 29.7. The van der Waals surface area contributed by atoms with Crippen LogP contribution >= 0.6 is 23.2 Å². The zero-order valence-electron chi connectivity index (χ0n) is 20.5. The Morgan fingerprint density at radius 1 is 1.06 bits per heavy atom. The fraction of sp³-hybridized carbons (Fsp3) is 0.417. The lowest BCUT2D eigenvalue weighted by Crippen LogP contribution is -2.27. The molecule has 2 rings (SSSR count). The van der Waals surface area contributed by atoms with E-state index in [1.54, 1.807) is 18.9 Å². The molecule has 0 bridgehead atoms. The molecular weight excluding hydrogens is 527 g/mol. The smallest absolute Gasteiger partial charge is 0.333 e. The van der Waals surface area contributed by atoms with Gasteiger partial charge in [-0.25, -0.2) is 13.2 Å². The second-order valence-corrected chi connectivity index (χ2v) is 11.0. The van der Waals surface area contributed by atoms with Crippen LogP contribution in [0.15, 0.2) is 51.7 Å². The third-order valence-electron chi connectivity index (χ3n) is 5.26. The maximum absolute atomic E-state index is 12.6. The van der Waals surface area contributed by atoms with E-state index in [1.165, 1.54) is 19.1 Å². The van der Waals surface area contributed by atoms with Gasteiger partial charge in [0.1, 0.15) is 5.88 Å². The van der Waals surface area contributed by atoms with Crippen molar-refractivity contribution >= 4 is 44.9 Å². The molecule has 0 saturated carbocycles. The zero-order valence-corrected chi connectivity index (χ0v) is 22.8. The van der Waals surface area contributed by atoms with Crippen LogP contribution in [0.5, 0.6) is 0 Å². The van der Waals surface area contributed by atoms with E-state index in [0.717, 1.165) is 11.1 Å². The van der Waals surface area contributed by atoms with E-state index in [9.17, 15) is 18.0 Å². The summed E-state index contributed by atoms with van der Waals surface area (Å²) in [6, 6.07) is 10.5. The highest BCUT2D eigenvalue weighted by atomic mass is 35.5. The quantitative estimate of drug-likeness (QED) is 0.213. The van der Waals surface area contributed by atoms with Gasteiger partial charge in [0.25, 0.3) is 0 Å². The van der Waals surface area contributed by atoms with Crippen LogP contribution in [-0.2, 0) is 37.4 Å². The maximum Gasteiger partial charge on any atom is 0.333 e. The van der Waals surface area contributed by atoms with Crippen LogP contribution in [0, 0.1) is 6.92 Å². The Morgan fingerprint density at radius 3 is 2.39 bits per heavy atom. The summed E-state index contributed by atoms with van der Waals surface area (Å²) in [5, 5.41) is 10.5. The van der Waals surface area contributed by atoms with Gasteiger partial charge >= 0.3 is 5.97 Å².